The summed E-state index contributed by atoms with van der Waals surface area (Å²) in [5.41, 5.74) is 9.19. The van der Waals surface area contributed by atoms with Gasteiger partial charge in [-0.2, -0.15) is 0 Å². The van der Waals surface area contributed by atoms with E-state index in [1.807, 2.05) is 12.1 Å². The molecule has 0 saturated carbocycles. The summed E-state index contributed by atoms with van der Waals surface area (Å²) in [5, 5.41) is 9.81. The van der Waals surface area contributed by atoms with Crippen molar-refractivity contribution in [2.75, 3.05) is 0 Å². The molecule has 200 valence electrons. The standard InChI is InChI=1S/C42H26O/c1-2-10-30-25-31(22-19-27(30)9-1)28-17-20-29(21-18-28)41-35-12-3-5-14-37(35)42(38-15-6-4-13-36(38)41)32-23-24-34-33-11-7-8-16-39(33)43-40(34)26-32/h1-26H. The van der Waals surface area contributed by atoms with Gasteiger partial charge in [-0.1, -0.05) is 133 Å². The third kappa shape index (κ3) is 3.79. The maximum absolute atomic E-state index is 6.30. The minimum atomic E-state index is 0.917. The topological polar surface area (TPSA) is 13.1 Å². The number of benzene rings is 8. The molecular formula is C42H26O. The van der Waals surface area contributed by atoms with Gasteiger partial charge < -0.3 is 4.42 Å². The van der Waals surface area contributed by atoms with Crippen LogP contribution in [0.25, 0.3) is 87.6 Å². The van der Waals surface area contributed by atoms with E-state index in [2.05, 4.69) is 146 Å². The van der Waals surface area contributed by atoms with Gasteiger partial charge in [-0.05, 0) is 90.0 Å². The second-order valence-electron chi connectivity index (χ2n) is 11.3. The molecule has 0 bridgehead atoms. The summed E-state index contributed by atoms with van der Waals surface area (Å²) in [6.45, 7) is 0. The SMILES string of the molecule is c1ccc2cc(-c3ccc(-c4c5ccccc5c(-c5ccc6c(c5)oc5ccccc56)c5ccccc45)cc3)ccc2c1. The first-order chi connectivity index (χ1) is 21.3. The van der Waals surface area contributed by atoms with Gasteiger partial charge in [-0.25, -0.2) is 0 Å². The van der Waals surface area contributed by atoms with Crippen LogP contribution < -0.4 is 0 Å². The van der Waals surface area contributed by atoms with Crippen LogP contribution in [0.15, 0.2) is 162 Å². The van der Waals surface area contributed by atoms with E-state index in [1.165, 1.54) is 60.1 Å². The fourth-order valence-electron chi connectivity index (χ4n) is 6.83. The van der Waals surface area contributed by atoms with Crippen LogP contribution in [0.5, 0.6) is 0 Å². The number of hydrogen-bond donors (Lipinski definition) is 0. The average molecular weight is 547 g/mol. The van der Waals surface area contributed by atoms with Crippen molar-refractivity contribution >= 4 is 54.3 Å². The Morgan fingerprint density at radius 3 is 1.47 bits per heavy atom. The van der Waals surface area contributed by atoms with Crippen molar-refractivity contribution in [3.05, 3.63) is 158 Å². The van der Waals surface area contributed by atoms with Crippen molar-refractivity contribution < 1.29 is 4.42 Å². The maximum Gasteiger partial charge on any atom is 0.136 e. The first kappa shape index (κ1) is 24.0. The lowest BCUT2D eigenvalue weighted by Crippen LogP contribution is -1.91. The van der Waals surface area contributed by atoms with Gasteiger partial charge in [-0.15, -0.1) is 0 Å². The number of hydrogen-bond acceptors (Lipinski definition) is 1. The van der Waals surface area contributed by atoms with Crippen LogP contribution in [0.2, 0.25) is 0 Å². The minimum absolute atomic E-state index is 0.917. The van der Waals surface area contributed by atoms with Gasteiger partial charge in [0, 0.05) is 10.8 Å². The first-order valence-corrected chi connectivity index (χ1v) is 14.8. The van der Waals surface area contributed by atoms with Crippen LogP contribution in [-0.4, -0.2) is 0 Å². The zero-order chi connectivity index (χ0) is 28.3. The van der Waals surface area contributed by atoms with E-state index in [9.17, 15) is 0 Å². The summed E-state index contributed by atoms with van der Waals surface area (Å²) in [4.78, 5) is 0. The lowest BCUT2D eigenvalue weighted by atomic mass is 9.85. The van der Waals surface area contributed by atoms with Gasteiger partial charge in [0.1, 0.15) is 11.2 Å². The van der Waals surface area contributed by atoms with Crippen LogP contribution in [0.1, 0.15) is 0 Å². The predicted molar refractivity (Wildman–Crippen MR) is 183 cm³/mol. The molecule has 43 heavy (non-hydrogen) atoms. The number of fused-ring (bicyclic) bond motifs is 6. The molecule has 1 nitrogen and oxygen atoms in total. The highest BCUT2D eigenvalue weighted by Gasteiger charge is 2.17. The summed E-state index contributed by atoms with van der Waals surface area (Å²) >= 11 is 0. The van der Waals surface area contributed by atoms with Crippen molar-refractivity contribution in [3.8, 4) is 33.4 Å². The van der Waals surface area contributed by atoms with Crippen molar-refractivity contribution in [2.45, 2.75) is 0 Å². The smallest absolute Gasteiger partial charge is 0.136 e. The van der Waals surface area contributed by atoms with Gasteiger partial charge in [0.05, 0.1) is 0 Å². The van der Waals surface area contributed by atoms with E-state index >= 15 is 0 Å². The van der Waals surface area contributed by atoms with E-state index in [0.717, 1.165) is 27.5 Å². The lowest BCUT2D eigenvalue weighted by Gasteiger charge is -2.18. The van der Waals surface area contributed by atoms with E-state index in [-0.39, 0.29) is 0 Å². The van der Waals surface area contributed by atoms with Gasteiger partial charge in [0.2, 0.25) is 0 Å². The third-order valence-electron chi connectivity index (χ3n) is 8.86. The molecule has 0 saturated heterocycles. The Morgan fingerprint density at radius 2 is 0.767 bits per heavy atom. The molecule has 0 aliphatic heterocycles. The largest absolute Gasteiger partial charge is 0.456 e. The first-order valence-electron chi connectivity index (χ1n) is 14.8. The Bertz CT molecular complexity index is 2440. The van der Waals surface area contributed by atoms with Crippen molar-refractivity contribution in [3.63, 3.8) is 0 Å². The summed E-state index contributed by atoms with van der Waals surface area (Å²) in [5.74, 6) is 0. The Labute approximate surface area is 249 Å². The molecule has 1 heterocycles. The molecule has 0 radical (unpaired) electrons. The quantitative estimate of drug-likeness (QED) is 0.201. The predicted octanol–water partition coefficient (Wildman–Crippen LogP) is 12.0. The molecule has 8 aromatic carbocycles. The zero-order valence-electron chi connectivity index (χ0n) is 23.4. The van der Waals surface area contributed by atoms with Crippen LogP contribution in [0.3, 0.4) is 0 Å². The molecule has 1 aromatic heterocycles. The highest BCUT2D eigenvalue weighted by Crippen LogP contribution is 2.45. The molecule has 0 aliphatic rings. The van der Waals surface area contributed by atoms with E-state index in [4.69, 9.17) is 4.42 Å². The van der Waals surface area contributed by atoms with Crippen molar-refractivity contribution in [1.29, 1.82) is 0 Å². The lowest BCUT2D eigenvalue weighted by molar-refractivity contribution is 0.669. The molecule has 0 spiro atoms. The Hall–Kier alpha value is -5.66. The summed E-state index contributed by atoms with van der Waals surface area (Å²) in [6, 6.07) is 56.9. The Morgan fingerprint density at radius 1 is 0.279 bits per heavy atom. The van der Waals surface area contributed by atoms with E-state index in [1.54, 1.807) is 0 Å². The number of para-hydroxylation sites is 1. The fourth-order valence-corrected chi connectivity index (χ4v) is 6.83. The van der Waals surface area contributed by atoms with Crippen LogP contribution >= 0.6 is 0 Å². The normalized spacial score (nSPS) is 11.7. The summed E-state index contributed by atoms with van der Waals surface area (Å²) < 4.78 is 6.30. The van der Waals surface area contributed by atoms with Crippen LogP contribution in [0, 0.1) is 0 Å². The Kier molecular flexibility index (Phi) is 5.27. The third-order valence-corrected chi connectivity index (χ3v) is 8.86. The van der Waals surface area contributed by atoms with Crippen molar-refractivity contribution in [2.24, 2.45) is 0 Å². The molecular weight excluding hydrogens is 520 g/mol. The minimum Gasteiger partial charge on any atom is -0.456 e. The highest BCUT2D eigenvalue weighted by atomic mass is 16.3. The molecule has 0 fully saturated rings. The molecule has 9 aromatic rings. The highest BCUT2D eigenvalue weighted by molar-refractivity contribution is 6.22. The molecule has 0 aliphatic carbocycles. The maximum atomic E-state index is 6.30. The van der Waals surface area contributed by atoms with Gasteiger partial charge >= 0.3 is 0 Å². The Balaban J connectivity index is 1.24. The van der Waals surface area contributed by atoms with E-state index in [0.29, 0.717) is 0 Å². The second-order valence-corrected chi connectivity index (χ2v) is 11.3. The van der Waals surface area contributed by atoms with Gasteiger partial charge in [0.15, 0.2) is 0 Å². The summed E-state index contributed by atoms with van der Waals surface area (Å²) in [7, 11) is 0. The average Bonchev–Trinajstić information content (AvgIpc) is 3.45. The number of rotatable bonds is 3. The molecule has 0 amide bonds. The van der Waals surface area contributed by atoms with Gasteiger partial charge in [0.25, 0.3) is 0 Å². The molecule has 0 atom stereocenters. The van der Waals surface area contributed by atoms with Crippen LogP contribution in [-0.2, 0) is 0 Å². The second kappa shape index (κ2) is 9.44. The molecule has 0 unspecified atom stereocenters. The fraction of sp³-hybridized carbons (Fsp3) is 0. The monoisotopic (exact) mass is 546 g/mol. The van der Waals surface area contributed by atoms with E-state index < -0.39 is 0 Å². The van der Waals surface area contributed by atoms with Crippen LogP contribution in [0.4, 0.5) is 0 Å². The summed E-state index contributed by atoms with van der Waals surface area (Å²) in [6.07, 6.45) is 0. The molecule has 0 N–H and O–H groups in total. The van der Waals surface area contributed by atoms with Gasteiger partial charge in [-0.3, -0.25) is 0 Å². The molecule has 9 rings (SSSR count). The zero-order valence-corrected chi connectivity index (χ0v) is 23.4. The van der Waals surface area contributed by atoms with Crippen molar-refractivity contribution in [1.82, 2.24) is 0 Å². The number of furan rings is 1. The molecule has 1 heteroatoms.